The third-order valence-corrected chi connectivity index (χ3v) is 1.97. The highest BCUT2D eigenvalue weighted by Crippen LogP contribution is 1.92. The summed E-state index contributed by atoms with van der Waals surface area (Å²) >= 11 is 3.43. The van der Waals surface area contributed by atoms with E-state index in [1.165, 1.54) is 0 Å². The number of ether oxygens (including phenoxy) is 1. The van der Waals surface area contributed by atoms with Crippen LogP contribution in [0.15, 0.2) is 12.2 Å². The molecule has 0 saturated heterocycles. The van der Waals surface area contributed by atoms with Crippen LogP contribution in [0.5, 0.6) is 0 Å². The Morgan fingerprint density at radius 1 is 1.42 bits per heavy atom. The van der Waals surface area contributed by atoms with Crippen molar-refractivity contribution in [3.05, 3.63) is 12.2 Å². The lowest BCUT2D eigenvalue weighted by atomic mass is 10.4. The van der Waals surface area contributed by atoms with Crippen LogP contribution in [0.2, 0.25) is 0 Å². The van der Waals surface area contributed by atoms with Crippen molar-refractivity contribution >= 4 is 15.9 Å². The number of halogens is 1. The molecular formula is C9H18BrNO. The quantitative estimate of drug-likeness (QED) is 0.494. The Morgan fingerprint density at radius 3 is 2.67 bits per heavy atom. The van der Waals surface area contributed by atoms with Crippen LogP contribution in [0.1, 0.15) is 6.92 Å². The minimum absolute atomic E-state index is 0.810. The van der Waals surface area contributed by atoms with Crippen molar-refractivity contribution in [3.63, 3.8) is 0 Å². The Morgan fingerprint density at radius 2 is 2.17 bits per heavy atom. The number of allylic oxidation sites excluding steroid dienone is 1. The molecule has 12 heavy (non-hydrogen) atoms. The standard InChI is InChI=1S/C9H18BrNO/c1-3-4-6-11(7-5-10)8-9-12-2/h3-4H,5-9H2,1-2H3/b4-3+. The highest BCUT2D eigenvalue weighted by molar-refractivity contribution is 9.09. The van der Waals surface area contributed by atoms with E-state index in [1.54, 1.807) is 7.11 Å². The lowest BCUT2D eigenvalue weighted by Gasteiger charge is -2.18. The second-order valence-corrected chi connectivity index (χ2v) is 3.34. The fourth-order valence-corrected chi connectivity index (χ4v) is 1.39. The molecule has 0 saturated carbocycles. The number of hydrogen-bond donors (Lipinski definition) is 0. The fourth-order valence-electron chi connectivity index (χ4n) is 0.889. The van der Waals surface area contributed by atoms with Crippen LogP contribution in [-0.2, 0) is 4.74 Å². The monoisotopic (exact) mass is 235 g/mol. The Balaban J connectivity index is 3.53. The maximum absolute atomic E-state index is 5.02. The van der Waals surface area contributed by atoms with Gasteiger partial charge in [0.25, 0.3) is 0 Å². The van der Waals surface area contributed by atoms with Gasteiger partial charge in [-0.05, 0) is 6.92 Å². The van der Waals surface area contributed by atoms with Crippen molar-refractivity contribution in [2.24, 2.45) is 0 Å². The summed E-state index contributed by atoms with van der Waals surface area (Å²) in [5.74, 6) is 0. The normalized spacial score (nSPS) is 11.7. The molecule has 0 amide bonds. The predicted octanol–water partition coefficient (Wildman–Crippen LogP) is 1.91. The van der Waals surface area contributed by atoms with Gasteiger partial charge in [-0.2, -0.15) is 0 Å². The van der Waals surface area contributed by atoms with Crippen LogP contribution >= 0.6 is 15.9 Å². The first-order valence-corrected chi connectivity index (χ1v) is 5.35. The van der Waals surface area contributed by atoms with E-state index in [9.17, 15) is 0 Å². The summed E-state index contributed by atoms with van der Waals surface area (Å²) in [6.07, 6.45) is 4.24. The summed E-state index contributed by atoms with van der Waals surface area (Å²) in [6, 6.07) is 0. The molecule has 0 heterocycles. The molecule has 0 radical (unpaired) electrons. The van der Waals surface area contributed by atoms with E-state index in [4.69, 9.17) is 4.74 Å². The largest absolute Gasteiger partial charge is 0.383 e. The summed E-state index contributed by atoms with van der Waals surface area (Å²) in [5.41, 5.74) is 0. The van der Waals surface area contributed by atoms with Crippen molar-refractivity contribution < 1.29 is 4.74 Å². The molecule has 0 aromatic heterocycles. The minimum atomic E-state index is 0.810. The van der Waals surface area contributed by atoms with E-state index in [0.29, 0.717) is 0 Å². The molecular weight excluding hydrogens is 218 g/mol. The zero-order chi connectivity index (χ0) is 9.23. The SMILES string of the molecule is C/C=C/CN(CCBr)CCOC. The van der Waals surface area contributed by atoms with Gasteiger partial charge in [-0.15, -0.1) is 0 Å². The number of alkyl halides is 1. The topological polar surface area (TPSA) is 12.5 Å². The molecule has 0 aromatic rings. The van der Waals surface area contributed by atoms with Gasteiger partial charge in [0, 0.05) is 32.1 Å². The van der Waals surface area contributed by atoms with Gasteiger partial charge in [0.05, 0.1) is 6.61 Å². The molecule has 0 atom stereocenters. The van der Waals surface area contributed by atoms with Crippen molar-refractivity contribution in [2.75, 3.05) is 38.7 Å². The molecule has 0 aliphatic rings. The molecule has 0 aliphatic heterocycles. The van der Waals surface area contributed by atoms with E-state index in [0.717, 1.165) is 31.6 Å². The number of rotatable bonds is 7. The number of methoxy groups -OCH3 is 1. The molecule has 72 valence electrons. The van der Waals surface area contributed by atoms with Gasteiger partial charge in [-0.25, -0.2) is 0 Å². The van der Waals surface area contributed by atoms with Gasteiger partial charge < -0.3 is 4.74 Å². The predicted molar refractivity (Wildman–Crippen MR) is 56.9 cm³/mol. The first-order valence-electron chi connectivity index (χ1n) is 4.23. The first-order chi connectivity index (χ1) is 5.85. The first kappa shape index (κ1) is 12.1. The van der Waals surface area contributed by atoms with Crippen molar-refractivity contribution in [1.82, 2.24) is 4.90 Å². The number of hydrogen-bond acceptors (Lipinski definition) is 2. The molecule has 0 N–H and O–H groups in total. The van der Waals surface area contributed by atoms with E-state index >= 15 is 0 Å². The van der Waals surface area contributed by atoms with Crippen molar-refractivity contribution in [3.8, 4) is 0 Å². The van der Waals surface area contributed by atoms with Gasteiger partial charge in [0.15, 0.2) is 0 Å². The van der Waals surface area contributed by atoms with Crippen molar-refractivity contribution in [2.45, 2.75) is 6.92 Å². The lowest BCUT2D eigenvalue weighted by molar-refractivity contribution is 0.158. The summed E-state index contributed by atoms with van der Waals surface area (Å²) in [6.45, 7) is 5.96. The second-order valence-electron chi connectivity index (χ2n) is 2.55. The van der Waals surface area contributed by atoms with E-state index < -0.39 is 0 Å². The zero-order valence-corrected chi connectivity index (χ0v) is 9.51. The third kappa shape index (κ3) is 6.83. The lowest BCUT2D eigenvalue weighted by Crippen LogP contribution is -2.29. The molecule has 0 aromatic carbocycles. The maximum atomic E-state index is 5.02. The smallest absolute Gasteiger partial charge is 0.0589 e. The maximum Gasteiger partial charge on any atom is 0.0589 e. The summed E-state index contributed by atoms with van der Waals surface area (Å²) in [7, 11) is 1.74. The van der Waals surface area contributed by atoms with Crippen LogP contribution in [0.3, 0.4) is 0 Å². The molecule has 2 nitrogen and oxygen atoms in total. The van der Waals surface area contributed by atoms with Gasteiger partial charge in [0.2, 0.25) is 0 Å². The molecule has 0 fully saturated rings. The Bertz CT molecular complexity index is 117. The van der Waals surface area contributed by atoms with Crippen LogP contribution < -0.4 is 0 Å². The average molecular weight is 236 g/mol. The Kier molecular flexibility index (Phi) is 9.34. The minimum Gasteiger partial charge on any atom is -0.383 e. The molecule has 0 unspecified atom stereocenters. The van der Waals surface area contributed by atoms with Gasteiger partial charge in [-0.3, -0.25) is 4.90 Å². The highest BCUT2D eigenvalue weighted by atomic mass is 79.9. The molecule has 0 spiro atoms. The highest BCUT2D eigenvalue weighted by Gasteiger charge is 1.99. The Labute approximate surface area is 83.7 Å². The Hall–Kier alpha value is 0.140. The third-order valence-electron chi connectivity index (χ3n) is 1.61. The van der Waals surface area contributed by atoms with Gasteiger partial charge >= 0.3 is 0 Å². The molecule has 3 heteroatoms. The fraction of sp³-hybridized carbons (Fsp3) is 0.778. The number of nitrogens with zero attached hydrogens (tertiary/aromatic N) is 1. The molecule has 0 bridgehead atoms. The summed E-state index contributed by atoms with van der Waals surface area (Å²) in [4.78, 5) is 2.35. The van der Waals surface area contributed by atoms with Crippen LogP contribution in [0, 0.1) is 0 Å². The molecule has 0 aliphatic carbocycles. The summed E-state index contributed by atoms with van der Waals surface area (Å²) < 4.78 is 5.02. The zero-order valence-electron chi connectivity index (χ0n) is 7.92. The van der Waals surface area contributed by atoms with E-state index in [2.05, 4.69) is 33.0 Å². The van der Waals surface area contributed by atoms with Gasteiger partial charge in [-0.1, -0.05) is 28.1 Å². The average Bonchev–Trinajstić information content (AvgIpc) is 2.10. The summed E-state index contributed by atoms with van der Waals surface area (Å²) in [5, 5.41) is 1.02. The molecule has 0 rings (SSSR count). The van der Waals surface area contributed by atoms with Crippen LogP contribution in [0.25, 0.3) is 0 Å². The van der Waals surface area contributed by atoms with E-state index in [1.807, 2.05) is 6.92 Å². The van der Waals surface area contributed by atoms with Crippen LogP contribution in [-0.4, -0.2) is 43.6 Å². The van der Waals surface area contributed by atoms with E-state index in [-0.39, 0.29) is 0 Å². The second kappa shape index (κ2) is 9.23. The van der Waals surface area contributed by atoms with Crippen molar-refractivity contribution in [1.29, 1.82) is 0 Å². The van der Waals surface area contributed by atoms with Crippen LogP contribution in [0.4, 0.5) is 0 Å². The van der Waals surface area contributed by atoms with Gasteiger partial charge in [0.1, 0.15) is 0 Å².